The van der Waals surface area contributed by atoms with Gasteiger partial charge in [0.25, 0.3) is 0 Å². The molecule has 3 nitrogen and oxygen atoms in total. The highest BCUT2D eigenvalue weighted by molar-refractivity contribution is 5.24. The molecular weight excluding hydrogens is 315 g/mol. The minimum Gasteiger partial charge on any atom is -0.294 e. The third-order valence-corrected chi connectivity index (χ3v) is 4.17. The smallest absolute Gasteiger partial charge is 0.161 e. The van der Waals surface area contributed by atoms with Gasteiger partial charge in [0.15, 0.2) is 11.6 Å². The fourth-order valence-electron chi connectivity index (χ4n) is 2.80. The van der Waals surface area contributed by atoms with E-state index in [2.05, 4.69) is 30.7 Å². The lowest BCUT2D eigenvalue weighted by atomic mass is 9.95. The molecule has 3 rings (SSSR count). The zero-order valence-corrected chi connectivity index (χ0v) is 14.0. The minimum atomic E-state index is -1.16. The average Bonchev–Trinajstić information content (AvgIpc) is 2.51. The van der Waals surface area contributed by atoms with Gasteiger partial charge in [-0.05, 0) is 6.07 Å². The molecule has 1 aromatic heterocycles. The zero-order chi connectivity index (χ0) is 17.5. The van der Waals surface area contributed by atoms with Crippen LogP contribution in [0.3, 0.4) is 0 Å². The Labute approximate surface area is 139 Å². The van der Waals surface area contributed by atoms with Gasteiger partial charge in [0.05, 0.1) is 0 Å². The van der Waals surface area contributed by atoms with Gasteiger partial charge < -0.3 is 0 Å². The monoisotopic (exact) mass is 335 g/mol. The van der Waals surface area contributed by atoms with Crippen molar-refractivity contribution in [3.05, 3.63) is 58.4 Å². The van der Waals surface area contributed by atoms with Gasteiger partial charge in [0.2, 0.25) is 0 Å². The van der Waals surface area contributed by atoms with Gasteiger partial charge in [0.1, 0.15) is 11.6 Å². The Kier molecular flexibility index (Phi) is 4.34. The second kappa shape index (κ2) is 6.16. The molecule has 1 aromatic carbocycles. The number of halogens is 3. The van der Waals surface area contributed by atoms with E-state index in [4.69, 9.17) is 0 Å². The van der Waals surface area contributed by atoms with Gasteiger partial charge in [-0.25, -0.2) is 23.1 Å². The second-order valence-corrected chi connectivity index (χ2v) is 7.23. The highest BCUT2D eigenvalue weighted by Gasteiger charge is 2.23. The van der Waals surface area contributed by atoms with Gasteiger partial charge in [-0.3, -0.25) is 4.90 Å². The standard InChI is InChI=1S/C18H20F3N3/c1-18(2,3)17-22-8-12-10-24(5-4-16(12)23-17)9-11-6-14(20)15(21)7-13(11)19/h6-8H,4-5,9-10H2,1-3H3. The van der Waals surface area contributed by atoms with Crippen molar-refractivity contribution < 1.29 is 13.2 Å². The summed E-state index contributed by atoms with van der Waals surface area (Å²) in [6.07, 6.45) is 2.54. The number of nitrogens with zero attached hydrogens (tertiary/aromatic N) is 3. The summed E-state index contributed by atoms with van der Waals surface area (Å²) in [5.74, 6) is -2.11. The number of fused-ring (bicyclic) bond motifs is 1. The van der Waals surface area contributed by atoms with Gasteiger partial charge in [-0.2, -0.15) is 0 Å². The summed E-state index contributed by atoms with van der Waals surface area (Å²) in [7, 11) is 0. The lowest BCUT2D eigenvalue weighted by Gasteiger charge is -2.29. The van der Waals surface area contributed by atoms with E-state index in [0.29, 0.717) is 19.2 Å². The highest BCUT2D eigenvalue weighted by atomic mass is 19.2. The van der Waals surface area contributed by atoms with Gasteiger partial charge in [-0.15, -0.1) is 0 Å². The summed E-state index contributed by atoms with van der Waals surface area (Å²) < 4.78 is 40.2. The first-order valence-corrected chi connectivity index (χ1v) is 7.95. The Morgan fingerprint density at radius 1 is 1.08 bits per heavy atom. The van der Waals surface area contributed by atoms with Gasteiger partial charge in [-0.1, -0.05) is 20.8 Å². The van der Waals surface area contributed by atoms with Crippen LogP contribution in [0.4, 0.5) is 13.2 Å². The molecule has 1 aliphatic heterocycles. The third kappa shape index (κ3) is 3.43. The Morgan fingerprint density at radius 3 is 2.50 bits per heavy atom. The SMILES string of the molecule is CC(C)(C)c1ncc2c(n1)CCN(Cc1cc(F)c(F)cc1F)C2. The quantitative estimate of drug-likeness (QED) is 0.783. The number of hydrogen-bond acceptors (Lipinski definition) is 3. The molecule has 0 amide bonds. The van der Waals surface area contributed by atoms with Crippen molar-refractivity contribution >= 4 is 0 Å². The molecule has 0 bridgehead atoms. The molecule has 0 radical (unpaired) electrons. The van der Waals surface area contributed by atoms with Crippen LogP contribution in [0.5, 0.6) is 0 Å². The molecule has 0 N–H and O–H groups in total. The second-order valence-electron chi connectivity index (χ2n) is 7.23. The van der Waals surface area contributed by atoms with Crippen LogP contribution in [-0.4, -0.2) is 21.4 Å². The van der Waals surface area contributed by atoms with E-state index in [9.17, 15) is 13.2 Å². The molecule has 2 heterocycles. The number of aromatic nitrogens is 2. The molecule has 1 aliphatic rings. The Balaban J connectivity index is 1.77. The molecule has 2 aromatic rings. The maximum Gasteiger partial charge on any atom is 0.161 e. The first-order valence-electron chi connectivity index (χ1n) is 7.95. The van der Waals surface area contributed by atoms with Gasteiger partial charge in [0, 0.05) is 60.6 Å². The molecule has 24 heavy (non-hydrogen) atoms. The van der Waals surface area contributed by atoms with Crippen LogP contribution in [0.25, 0.3) is 0 Å². The number of benzene rings is 1. The predicted octanol–water partition coefficient (Wildman–Crippen LogP) is 3.75. The first kappa shape index (κ1) is 16.9. The molecule has 0 unspecified atom stereocenters. The minimum absolute atomic E-state index is 0.110. The van der Waals surface area contributed by atoms with E-state index in [1.54, 1.807) is 0 Å². The Hall–Kier alpha value is -1.95. The van der Waals surface area contributed by atoms with Crippen LogP contribution in [-0.2, 0) is 24.9 Å². The molecule has 0 saturated carbocycles. The maximum absolute atomic E-state index is 13.8. The summed E-state index contributed by atoms with van der Waals surface area (Å²) >= 11 is 0. The number of rotatable bonds is 2. The summed E-state index contributed by atoms with van der Waals surface area (Å²) in [4.78, 5) is 11.1. The zero-order valence-electron chi connectivity index (χ0n) is 14.0. The number of hydrogen-bond donors (Lipinski definition) is 0. The summed E-state index contributed by atoms with van der Waals surface area (Å²) in [5.41, 5.74) is 2.06. The normalized spacial score (nSPS) is 15.4. The third-order valence-electron chi connectivity index (χ3n) is 4.17. The molecule has 0 saturated heterocycles. The molecule has 6 heteroatoms. The van der Waals surface area contributed by atoms with Crippen LogP contribution in [0, 0.1) is 17.5 Å². The van der Waals surface area contributed by atoms with E-state index in [-0.39, 0.29) is 17.5 Å². The lowest BCUT2D eigenvalue weighted by molar-refractivity contribution is 0.238. The lowest BCUT2D eigenvalue weighted by Crippen LogP contribution is -2.32. The van der Waals surface area contributed by atoms with E-state index >= 15 is 0 Å². The topological polar surface area (TPSA) is 29.0 Å². The van der Waals surface area contributed by atoms with E-state index in [0.717, 1.165) is 29.6 Å². The largest absolute Gasteiger partial charge is 0.294 e. The van der Waals surface area contributed by atoms with E-state index in [1.807, 2.05) is 11.1 Å². The molecule has 128 valence electrons. The van der Waals surface area contributed by atoms with Crippen molar-refractivity contribution in [2.24, 2.45) is 0 Å². The van der Waals surface area contributed by atoms with Crippen LogP contribution < -0.4 is 0 Å². The fourth-order valence-corrected chi connectivity index (χ4v) is 2.80. The predicted molar refractivity (Wildman–Crippen MR) is 84.9 cm³/mol. The van der Waals surface area contributed by atoms with E-state index < -0.39 is 17.5 Å². The maximum atomic E-state index is 13.8. The average molecular weight is 335 g/mol. The Morgan fingerprint density at radius 2 is 1.79 bits per heavy atom. The van der Waals surface area contributed by atoms with Crippen LogP contribution >= 0.6 is 0 Å². The van der Waals surface area contributed by atoms with Crippen molar-refractivity contribution in [3.8, 4) is 0 Å². The van der Waals surface area contributed by atoms with Gasteiger partial charge >= 0.3 is 0 Å². The van der Waals surface area contributed by atoms with Crippen molar-refractivity contribution in [1.82, 2.24) is 14.9 Å². The fraction of sp³-hybridized carbons (Fsp3) is 0.444. The molecule has 0 fully saturated rings. The molecular formula is C18H20F3N3. The highest BCUT2D eigenvalue weighted by Crippen LogP contribution is 2.24. The van der Waals surface area contributed by atoms with Crippen molar-refractivity contribution in [2.45, 2.75) is 45.7 Å². The Bertz CT molecular complexity index is 769. The molecule has 0 aliphatic carbocycles. The van der Waals surface area contributed by atoms with Crippen molar-refractivity contribution in [2.75, 3.05) is 6.54 Å². The van der Waals surface area contributed by atoms with Crippen LogP contribution in [0.1, 0.15) is 43.4 Å². The van der Waals surface area contributed by atoms with E-state index in [1.165, 1.54) is 0 Å². The van der Waals surface area contributed by atoms with Crippen LogP contribution in [0.2, 0.25) is 0 Å². The van der Waals surface area contributed by atoms with Crippen LogP contribution in [0.15, 0.2) is 18.3 Å². The first-order chi connectivity index (χ1) is 11.2. The summed E-state index contributed by atoms with van der Waals surface area (Å²) in [6.45, 7) is 7.68. The molecule has 0 spiro atoms. The molecule has 0 atom stereocenters. The van der Waals surface area contributed by atoms with Crippen molar-refractivity contribution in [1.29, 1.82) is 0 Å². The van der Waals surface area contributed by atoms with Crippen molar-refractivity contribution in [3.63, 3.8) is 0 Å². The summed E-state index contributed by atoms with van der Waals surface area (Å²) in [6, 6.07) is 1.53. The summed E-state index contributed by atoms with van der Waals surface area (Å²) in [5, 5.41) is 0.